The van der Waals surface area contributed by atoms with Gasteiger partial charge in [-0.1, -0.05) is 41.5 Å². The standard InChI is InChI=1S/C16H25NO2/c1-10(18)17-13-9-14(19)12(16(5,6)7)8-11(13)15(2,3)4/h8-9,19H,1-7H3,(H,17,18). The molecule has 0 unspecified atom stereocenters. The highest BCUT2D eigenvalue weighted by Gasteiger charge is 2.25. The lowest BCUT2D eigenvalue weighted by molar-refractivity contribution is -0.114. The van der Waals surface area contributed by atoms with Gasteiger partial charge in [-0.2, -0.15) is 0 Å². The molecule has 0 atom stereocenters. The SMILES string of the molecule is CC(=O)Nc1cc(O)c(C(C)(C)C)cc1C(C)(C)C. The zero-order valence-electron chi connectivity index (χ0n) is 13.0. The molecule has 3 nitrogen and oxygen atoms in total. The summed E-state index contributed by atoms with van der Waals surface area (Å²) in [5, 5.41) is 13.0. The van der Waals surface area contributed by atoms with Crippen LogP contribution in [0, 0.1) is 0 Å². The van der Waals surface area contributed by atoms with Crippen molar-refractivity contribution in [2.75, 3.05) is 5.32 Å². The smallest absolute Gasteiger partial charge is 0.221 e. The molecule has 1 rings (SSSR count). The lowest BCUT2D eigenvalue weighted by atomic mass is 9.79. The van der Waals surface area contributed by atoms with Gasteiger partial charge in [0.15, 0.2) is 0 Å². The summed E-state index contributed by atoms with van der Waals surface area (Å²) in [6, 6.07) is 3.66. The molecule has 0 fully saturated rings. The maximum absolute atomic E-state index is 11.3. The molecule has 0 aromatic heterocycles. The van der Waals surface area contributed by atoms with E-state index in [0.717, 1.165) is 11.1 Å². The fraction of sp³-hybridized carbons (Fsp3) is 0.562. The zero-order valence-corrected chi connectivity index (χ0v) is 13.0. The van der Waals surface area contributed by atoms with Crippen molar-refractivity contribution < 1.29 is 9.90 Å². The van der Waals surface area contributed by atoms with Crippen LogP contribution in [0.2, 0.25) is 0 Å². The van der Waals surface area contributed by atoms with Gasteiger partial charge in [0, 0.05) is 18.7 Å². The van der Waals surface area contributed by atoms with Crippen LogP contribution in [-0.2, 0) is 15.6 Å². The first kappa shape index (κ1) is 15.5. The van der Waals surface area contributed by atoms with Gasteiger partial charge in [-0.3, -0.25) is 4.79 Å². The van der Waals surface area contributed by atoms with Gasteiger partial charge < -0.3 is 10.4 Å². The van der Waals surface area contributed by atoms with Crippen molar-refractivity contribution in [1.82, 2.24) is 0 Å². The van der Waals surface area contributed by atoms with Gasteiger partial charge in [-0.05, 0) is 28.0 Å². The first-order valence-electron chi connectivity index (χ1n) is 6.58. The van der Waals surface area contributed by atoms with Crippen LogP contribution in [0.3, 0.4) is 0 Å². The molecule has 1 amide bonds. The minimum atomic E-state index is -0.140. The first-order valence-corrected chi connectivity index (χ1v) is 6.58. The Kier molecular flexibility index (Phi) is 3.99. The summed E-state index contributed by atoms with van der Waals surface area (Å²) in [5.74, 6) is 0.0951. The maximum Gasteiger partial charge on any atom is 0.221 e. The van der Waals surface area contributed by atoms with E-state index in [1.807, 2.05) is 6.07 Å². The molecule has 1 aromatic rings. The van der Waals surface area contributed by atoms with Crippen LogP contribution >= 0.6 is 0 Å². The average molecular weight is 263 g/mol. The molecular weight excluding hydrogens is 238 g/mol. The highest BCUT2D eigenvalue weighted by Crippen LogP contribution is 2.39. The molecule has 0 saturated heterocycles. The zero-order chi connectivity index (χ0) is 15.0. The maximum atomic E-state index is 11.3. The van der Waals surface area contributed by atoms with Crippen molar-refractivity contribution >= 4 is 11.6 Å². The van der Waals surface area contributed by atoms with E-state index >= 15 is 0 Å². The fourth-order valence-electron chi connectivity index (χ4n) is 2.10. The van der Waals surface area contributed by atoms with Gasteiger partial charge >= 0.3 is 0 Å². The van der Waals surface area contributed by atoms with Crippen LogP contribution in [0.25, 0.3) is 0 Å². The van der Waals surface area contributed by atoms with E-state index in [0.29, 0.717) is 5.69 Å². The van der Waals surface area contributed by atoms with E-state index in [1.165, 1.54) is 6.92 Å². The number of carbonyl (C=O) groups is 1. The molecule has 2 N–H and O–H groups in total. The molecule has 1 aromatic carbocycles. The highest BCUT2D eigenvalue weighted by molar-refractivity contribution is 5.90. The normalized spacial score (nSPS) is 12.4. The number of rotatable bonds is 1. The Morgan fingerprint density at radius 1 is 1.00 bits per heavy atom. The molecule has 0 spiro atoms. The third kappa shape index (κ3) is 3.72. The van der Waals surface area contributed by atoms with E-state index < -0.39 is 0 Å². The predicted octanol–water partition coefficient (Wildman–Crippen LogP) is 3.95. The largest absolute Gasteiger partial charge is 0.508 e. The Bertz CT molecular complexity index is 491. The average Bonchev–Trinajstić information content (AvgIpc) is 2.11. The molecule has 0 aliphatic rings. The molecule has 106 valence electrons. The number of aromatic hydroxyl groups is 1. The van der Waals surface area contributed by atoms with Crippen LogP contribution < -0.4 is 5.32 Å². The predicted molar refractivity (Wildman–Crippen MR) is 79.8 cm³/mol. The van der Waals surface area contributed by atoms with Gasteiger partial charge in [-0.25, -0.2) is 0 Å². The van der Waals surface area contributed by atoms with Crippen LogP contribution in [0.5, 0.6) is 5.75 Å². The second kappa shape index (κ2) is 4.87. The van der Waals surface area contributed by atoms with E-state index in [2.05, 4.69) is 46.9 Å². The third-order valence-corrected chi connectivity index (χ3v) is 3.06. The van der Waals surface area contributed by atoms with Crippen molar-refractivity contribution in [1.29, 1.82) is 0 Å². The Morgan fingerprint density at radius 2 is 1.47 bits per heavy atom. The van der Waals surface area contributed by atoms with Crippen molar-refractivity contribution in [2.24, 2.45) is 0 Å². The van der Waals surface area contributed by atoms with Gasteiger partial charge in [0.05, 0.1) is 0 Å². The summed E-state index contributed by atoms with van der Waals surface area (Å²) in [6.07, 6.45) is 0. The Balaban J connectivity index is 3.51. The van der Waals surface area contributed by atoms with Crippen LogP contribution in [-0.4, -0.2) is 11.0 Å². The number of hydrogen-bond donors (Lipinski definition) is 2. The number of benzene rings is 1. The number of amides is 1. The molecule has 0 radical (unpaired) electrons. The molecule has 0 aliphatic carbocycles. The minimum absolute atomic E-state index is 0.106. The summed E-state index contributed by atoms with van der Waals surface area (Å²) in [4.78, 5) is 11.3. The van der Waals surface area contributed by atoms with Crippen molar-refractivity contribution in [3.63, 3.8) is 0 Å². The topological polar surface area (TPSA) is 49.3 Å². The molecule has 19 heavy (non-hydrogen) atoms. The Labute approximate surface area is 116 Å². The van der Waals surface area contributed by atoms with Gasteiger partial charge in [0.2, 0.25) is 5.91 Å². The second-order valence-electron chi connectivity index (χ2n) is 7.10. The molecule has 3 heteroatoms. The van der Waals surface area contributed by atoms with Crippen LogP contribution in [0.15, 0.2) is 12.1 Å². The highest BCUT2D eigenvalue weighted by atomic mass is 16.3. The number of phenols is 1. The lowest BCUT2D eigenvalue weighted by Crippen LogP contribution is -2.20. The molecule has 0 heterocycles. The summed E-state index contributed by atoms with van der Waals surface area (Å²) in [7, 11) is 0. The summed E-state index contributed by atoms with van der Waals surface area (Å²) < 4.78 is 0. The summed E-state index contributed by atoms with van der Waals surface area (Å²) in [5.41, 5.74) is 2.37. The molecule has 0 bridgehead atoms. The number of hydrogen-bond acceptors (Lipinski definition) is 2. The Hall–Kier alpha value is -1.51. The fourth-order valence-corrected chi connectivity index (χ4v) is 2.10. The van der Waals surface area contributed by atoms with Crippen LogP contribution in [0.4, 0.5) is 5.69 Å². The van der Waals surface area contributed by atoms with Gasteiger partial charge in [0.25, 0.3) is 0 Å². The van der Waals surface area contributed by atoms with Crippen molar-refractivity contribution in [3.05, 3.63) is 23.3 Å². The van der Waals surface area contributed by atoms with E-state index in [-0.39, 0.29) is 22.5 Å². The van der Waals surface area contributed by atoms with E-state index in [9.17, 15) is 9.90 Å². The number of anilines is 1. The van der Waals surface area contributed by atoms with E-state index in [4.69, 9.17) is 0 Å². The van der Waals surface area contributed by atoms with Gasteiger partial charge in [-0.15, -0.1) is 0 Å². The quantitative estimate of drug-likeness (QED) is 0.806. The molecule has 0 aliphatic heterocycles. The molecular formula is C16H25NO2. The first-order chi connectivity index (χ1) is 8.43. The molecule has 0 saturated carbocycles. The summed E-state index contributed by atoms with van der Waals surface area (Å²) >= 11 is 0. The number of phenolic OH excluding ortho intramolecular Hbond substituents is 1. The van der Waals surface area contributed by atoms with Crippen molar-refractivity contribution in [3.8, 4) is 5.75 Å². The third-order valence-electron chi connectivity index (χ3n) is 3.06. The van der Waals surface area contributed by atoms with Gasteiger partial charge in [0.1, 0.15) is 5.75 Å². The van der Waals surface area contributed by atoms with Crippen molar-refractivity contribution in [2.45, 2.75) is 59.3 Å². The lowest BCUT2D eigenvalue weighted by Gasteiger charge is -2.28. The second-order valence-corrected chi connectivity index (χ2v) is 7.10. The number of nitrogens with one attached hydrogen (secondary N) is 1. The Morgan fingerprint density at radius 3 is 1.84 bits per heavy atom. The summed E-state index contributed by atoms with van der Waals surface area (Å²) in [6.45, 7) is 13.9. The minimum Gasteiger partial charge on any atom is -0.508 e. The van der Waals surface area contributed by atoms with Crippen LogP contribution in [0.1, 0.15) is 59.6 Å². The number of carbonyl (C=O) groups excluding carboxylic acids is 1. The monoisotopic (exact) mass is 263 g/mol. The van der Waals surface area contributed by atoms with E-state index in [1.54, 1.807) is 6.07 Å².